The van der Waals surface area contributed by atoms with Crippen LogP contribution in [0.4, 0.5) is 0 Å². The summed E-state index contributed by atoms with van der Waals surface area (Å²) in [6.07, 6.45) is 3.42. The van der Waals surface area contributed by atoms with Crippen LogP contribution in [0.15, 0.2) is 24.3 Å². The van der Waals surface area contributed by atoms with Crippen molar-refractivity contribution in [2.24, 2.45) is 5.92 Å². The van der Waals surface area contributed by atoms with Crippen molar-refractivity contribution in [1.82, 2.24) is 4.90 Å². The van der Waals surface area contributed by atoms with Gasteiger partial charge in [-0.3, -0.25) is 9.69 Å². The van der Waals surface area contributed by atoms with E-state index in [-0.39, 0.29) is 5.41 Å². The van der Waals surface area contributed by atoms with E-state index in [0.717, 1.165) is 38.9 Å². The Labute approximate surface area is 134 Å². The average Bonchev–Trinajstić information content (AvgIpc) is 2.46. The fourth-order valence-electron chi connectivity index (χ4n) is 3.13. The minimum Gasteiger partial charge on any atom is -0.481 e. The number of carboxylic acid groups (broad SMARTS) is 1. The van der Waals surface area contributed by atoms with Gasteiger partial charge in [0.25, 0.3) is 0 Å². The van der Waals surface area contributed by atoms with Crippen LogP contribution in [-0.4, -0.2) is 29.1 Å². The second-order valence-electron chi connectivity index (χ2n) is 7.60. The van der Waals surface area contributed by atoms with Crippen LogP contribution in [0.3, 0.4) is 0 Å². The van der Waals surface area contributed by atoms with E-state index in [9.17, 15) is 4.79 Å². The average molecular weight is 303 g/mol. The largest absolute Gasteiger partial charge is 0.481 e. The molecule has 3 heteroatoms. The molecule has 3 nitrogen and oxygen atoms in total. The first-order valence-electron chi connectivity index (χ1n) is 8.38. The second kappa shape index (κ2) is 7.28. The molecule has 1 fully saturated rings. The number of aliphatic carboxylic acids is 1. The van der Waals surface area contributed by atoms with E-state index in [1.54, 1.807) is 0 Å². The van der Waals surface area contributed by atoms with E-state index in [2.05, 4.69) is 49.9 Å². The molecule has 0 spiro atoms. The van der Waals surface area contributed by atoms with Crippen LogP contribution in [-0.2, 0) is 16.8 Å². The molecule has 22 heavy (non-hydrogen) atoms. The molecule has 1 aromatic rings. The lowest BCUT2D eigenvalue weighted by Crippen LogP contribution is -2.33. The Kier molecular flexibility index (Phi) is 5.63. The Balaban J connectivity index is 1.80. The summed E-state index contributed by atoms with van der Waals surface area (Å²) < 4.78 is 0. The number of carbonyl (C=O) groups is 1. The lowest BCUT2D eigenvalue weighted by atomic mass is 9.86. The molecule has 0 aliphatic carbocycles. The maximum Gasteiger partial charge on any atom is 0.303 e. The normalized spacial score (nSPS) is 17.6. The van der Waals surface area contributed by atoms with E-state index >= 15 is 0 Å². The molecule has 1 aromatic carbocycles. The molecule has 0 radical (unpaired) electrons. The zero-order chi connectivity index (χ0) is 16.2. The number of hydrogen-bond donors (Lipinski definition) is 1. The van der Waals surface area contributed by atoms with E-state index < -0.39 is 5.97 Å². The van der Waals surface area contributed by atoms with E-state index in [4.69, 9.17) is 5.11 Å². The summed E-state index contributed by atoms with van der Waals surface area (Å²) in [5.74, 6) is -0.0722. The Morgan fingerprint density at radius 1 is 1.18 bits per heavy atom. The van der Waals surface area contributed by atoms with E-state index in [1.807, 2.05) is 0 Å². The molecular formula is C19H29NO2. The van der Waals surface area contributed by atoms with Crippen LogP contribution in [0.1, 0.15) is 57.6 Å². The van der Waals surface area contributed by atoms with Crippen LogP contribution < -0.4 is 0 Å². The highest BCUT2D eigenvalue weighted by atomic mass is 16.4. The lowest BCUT2D eigenvalue weighted by molar-refractivity contribution is -0.137. The summed E-state index contributed by atoms with van der Waals surface area (Å²) in [7, 11) is 0. The SMILES string of the molecule is CC(C)(C)c1ccc(CN2CCC(CCC(=O)O)CC2)cc1. The van der Waals surface area contributed by atoms with Crippen molar-refractivity contribution >= 4 is 5.97 Å². The van der Waals surface area contributed by atoms with Gasteiger partial charge in [-0.2, -0.15) is 0 Å². The van der Waals surface area contributed by atoms with Gasteiger partial charge in [0, 0.05) is 13.0 Å². The van der Waals surface area contributed by atoms with E-state index in [1.165, 1.54) is 11.1 Å². The van der Waals surface area contributed by atoms with Gasteiger partial charge >= 0.3 is 5.97 Å². The van der Waals surface area contributed by atoms with Crippen LogP contribution >= 0.6 is 0 Å². The molecule has 0 atom stereocenters. The first kappa shape index (κ1) is 17.0. The first-order chi connectivity index (χ1) is 10.3. The number of piperidine rings is 1. The lowest BCUT2D eigenvalue weighted by Gasteiger charge is -2.32. The molecule has 1 N–H and O–H groups in total. The summed E-state index contributed by atoms with van der Waals surface area (Å²) in [5.41, 5.74) is 2.96. The Bertz CT molecular complexity index is 479. The standard InChI is InChI=1S/C19H29NO2/c1-19(2,3)17-7-4-16(5-8-17)14-20-12-10-15(11-13-20)6-9-18(21)22/h4-5,7-8,15H,6,9-14H2,1-3H3,(H,21,22). The highest BCUT2D eigenvalue weighted by molar-refractivity contribution is 5.66. The second-order valence-corrected chi connectivity index (χ2v) is 7.60. The topological polar surface area (TPSA) is 40.5 Å². The molecule has 1 heterocycles. The van der Waals surface area contributed by atoms with Gasteiger partial charge in [0.15, 0.2) is 0 Å². The molecule has 0 aromatic heterocycles. The van der Waals surface area contributed by atoms with Crippen LogP contribution in [0.2, 0.25) is 0 Å². The number of carboxylic acids is 1. The first-order valence-corrected chi connectivity index (χ1v) is 8.38. The van der Waals surface area contributed by atoms with Gasteiger partial charge in [-0.15, -0.1) is 0 Å². The minimum atomic E-state index is -0.665. The summed E-state index contributed by atoms with van der Waals surface area (Å²) >= 11 is 0. The Hall–Kier alpha value is -1.35. The van der Waals surface area contributed by atoms with Crippen LogP contribution in [0, 0.1) is 5.92 Å². The highest BCUT2D eigenvalue weighted by Crippen LogP contribution is 2.25. The maximum atomic E-state index is 10.6. The van der Waals surface area contributed by atoms with Gasteiger partial charge in [-0.25, -0.2) is 0 Å². The molecule has 1 aliphatic rings. The maximum absolute atomic E-state index is 10.6. The quantitative estimate of drug-likeness (QED) is 0.891. The van der Waals surface area contributed by atoms with Crippen LogP contribution in [0.25, 0.3) is 0 Å². The number of nitrogens with zero attached hydrogens (tertiary/aromatic N) is 1. The molecule has 0 amide bonds. The molecule has 1 aliphatic heterocycles. The fraction of sp³-hybridized carbons (Fsp3) is 0.632. The van der Waals surface area contributed by atoms with Gasteiger partial charge in [-0.1, -0.05) is 45.0 Å². The highest BCUT2D eigenvalue weighted by Gasteiger charge is 2.20. The zero-order valence-electron chi connectivity index (χ0n) is 14.1. The van der Waals surface area contributed by atoms with Crippen molar-refractivity contribution in [2.75, 3.05) is 13.1 Å². The van der Waals surface area contributed by atoms with Gasteiger partial charge in [0.1, 0.15) is 0 Å². The van der Waals surface area contributed by atoms with Crippen molar-refractivity contribution in [3.05, 3.63) is 35.4 Å². The summed E-state index contributed by atoms with van der Waals surface area (Å²) in [5, 5.41) is 8.76. The summed E-state index contributed by atoms with van der Waals surface area (Å²) in [4.78, 5) is 13.1. The fourth-order valence-corrected chi connectivity index (χ4v) is 3.13. The Morgan fingerprint density at radius 2 is 1.77 bits per heavy atom. The minimum absolute atomic E-state index is 0.209. The molecular weight excluding hydrogens is 274 g/mol. The summed E-state index contributed by atoms with van der Waals surface area (Å²) in [6.45, 7) is 9.91. The molecule has 2 rings (SSSR count). The van der Waals surface area contributed by atoms with Crippen molar-refractivity contribution in [1.29, 1.82) is 0 Å². The summed E-state index contributed by atoms with van der Waals surface area (Å²) in [6, 6.07) is 8.98. The molecule has 0 bridgehead atoms. The third kappa shape index (κ3) is 5.13. The third-order valence-electron chi connectivity index (χ3n) is 4.70. The zero-order valence-corrected chi connectivity index (χ0v) is 14.1. The molecule has 0 saturated carbocycles. The van der Waals surface area contributed by atoms with Gasteiger partial charge in [-0.05, 0) is 54.8 Å². The molecule has 1 saturated heterocycles. The van der Waals surface area contributed by atoms with Crippen molar-refractivity contribution in [3.8, 4) is 0 Å². The van der Waals surface area contributed by atoms with Crippen molar-refractivity contribution < 1.29 is 9.90 Å². The van der Waals surface area contributed by atoms with Crippen molar-refractivity contribution in [2.45, 2.75) is 58.4 Å². The number of benzene rings is 1. The number of likely N-dealkylation sites (tertiary alicyclic amines) is 1. The van der Waals surface area contributed by atoms with Crippen LogP contribution in [0.5, 0.6) is 0 Å². The predicted molar refractivity (Wildman–Crippen MR) is 90.0 cm³/mol. The van der Waals surface area contributed by atoms with Gasteiger partial charge < -0.3 is 5.11 Å². The smallest absolute Gasteiger partial charge is 0.303 e. The third-order valence-corrected chi connectivity index (χ3v) is 4.70. The van der Waals surface area contributed by atoms with Gasteiger partial charge in [0.2, 0.25) is 0 Å². The molecule has 122 valence electrons. The number of hydrogen-bond acceptors (Lipinski definition) is 2. The van der Waals surface area contributed by atoms with Crippen molar-refractivity contribution in [3.63, 3.8) is 0 Å². The monoisotopic (exact) mass is 303 g/mol. The predicted octanol–water partition coefficient (Wildman–Crippen LogP) is 4.06. The number of rotatable bonds is 5. The molecule has 0 unspecified atom stereocenters. The Morgan fingerprint density at radius 3 is 2.27 bits per heavy atom. The van der Waals surface area contributed by atoms with Gasteiger partial charge in [0.05, 0.1) is 0 Å². The van der Waals surface area contributed by atoms with E-state index in [0.29, 0.717) is 12.3 Å².